The maximum Gasteiger partial charge on any atom is 0.416 e. The van der Waals surface area contributed by atoms with Gasteiger partial charge in [-0.1, -0.05) is 24.3 Å². The summed E-state index contributed by atoms with van der Waals surface area (Å²) >= 11 is 0. The van der Waals surface area contributed by atoms with Crippen LogP contribution in [0, 0.1) is 35.3 Å². The first-order chi connectivity index (χ1) is 34.0. The third-order valence-electron chi connectivity index (χ3n) is 14.6. The summed E-state index contributed by atoms with van der Waals surface area (Å²) in [5.41, 5.74) is 0.830. The number of hydrogen-bond donors (Lipinski definition) is 2. The van der Waals surface area contributed by atoms with Crippen molar-refractivity contribution in [1.82, 2.24) is 15.1 Å². The van der Waals surface area contributed by atoms with Gasteiger partial charge in [-0.15, -0.1) is 0 Å². The van der Waals surface area contributed by atoms with Crippen LogP contribution in [0.5, 0.6) is 0 Å². The molecule has 2 saturated carbocycles. The van der Waals surface area contributed by atoms with Crippen LogP contribution in [0.3, 0.4) is 0 Å². The maximum atomic E-state index is 13.7. The first-order valence-corrected chi connectivity index (χ1v) is 23.4. The average molecular weight is 1050 g/mol. The molecule has 2 aliphatic carbocycles. The number of carbonyl (C=O) groups is 2. The molecule has 22 heteroatoms. The molecule has 2 saturated heterocycles. The lowest BCUT2D eigenvalue weighted by Crippen LogP contribution is -2.39. The zero-order valence-electron chi connectivity index (χ0n) is 39.4. The average Bonchev–Trinajstić information content (AvgIpc) is 3.96. The third-order valence-corrected chi connectivity index (χ3v) is 14.6. The number of alkyl halides is 12. The molecule has 398 valence electrons. The summed E-state index contributed by atoms with van der Waals surface area (Å²) in [4.78, 5) is 27.2. The van der Waals surface area contributed by atoms with Crippen LogP contribution < -0.4 is 11.1 Å². The van der Waals surface area contributed by atoms with Gasteiger partial charge in [-0.3, -0.25) is 0 Å². The molecular weight excluding hydrogens is 999 g/mol. The van der Waals surface area contributed by atoms with E-state index in [4.69, 9.17) is 15.2 Å². The van der Waals surface area contributed by atoms with E-state index >= 15 is 0 Å². The number of urea groups is 2. The molecule has 3 N–H and O–H groups in total. The lowest BCUT2D eigenvalue weighted by Gasteiger charge is -2.41. The molecule has 73 heavy (non-hydrogen) atoms. The minimum absolute atomic E-state index is 0.0686. The molecule has 4 amide bonds. The summed E-state index contributed by atoms with van der Waals surface area (Å²) in [6.07, 6.45) is -20.9. The number of amides is 4. The lowest BCUT2D eigenvalue weighted by atomic mass is 9.69. The molecule has 2 aliphatic heterocycles. The van der Waals surface area contributed by atoms with Gasteiger partial charge in [0.2, 0.25) is 0 Å². The fourth-order valence-electron chi connectivity index (χ4n) is 11.1. The normalized spacial score (nSPS) is 25.3. The minimum Gasteiger partial charge on any atom is -0.370 e. The smallest absolute Gasteiger partial charge is 0.370 e. The van der Waals surface area contributed by atoms with Crippen LogP contribution in [0.1, 0.15) is 108 Å². The van der Waals surface area contributed by atoms with E-state index in [0.717, 1.165) is 11.1 Å². The van der Waals surface area contributed by atoms with Crippen molar-refractivity contribution in [3.63, 3.8) is 0 Å². The van der Waals surface area contributed by atoms with E-state index in [1.807, 2.05) is 0 Å². The minimum atomic E-state index is -4.97. The first kappa shape index (κ1) is 55.1. The number of nitrogens with two attached hydrogens (primary N) is 1. The van der Waals surface area contributed by atoms with Crippen LogP contribution in [0.25, 0.3) is 0 Å². The molecule has 0 spiro atoms. The number of likely N-dealkylation sites (tertiary alicyclic amines) is 2. The molecule has 0 bridgehead atoms. The van der Waals surface area contributed by atoms with Gasteiger partial charge in [0.25, 0.3) is 0 Å². The molecule has 0 aromatic heterocycles. The van der Waals surface area contributed by atoms with Gasteiger partial charge in [0.15, 0.2) is 0 Å². The fraction of sp³-hybridized carbons (Fsp3) is 0.490. The quantitative estimate of drug-likeness (QED) is 0.172. The van der Waals surface area contributed by atoms with Gasteiger partial charge >= 0.3 is 36.8 Å². The number of hydrogen-bond acceptors (Lipinski definition) is 4. The van der Waals surface area contributed by atoms with Crippen LogP contribution in [0.15, 0.2) is 84.9 Å². The van der Waals surface area contributed by atoms with Crippen molar-refractivity contribution in [3.05, 3.63) is 141 Å². The van der Waals surface area contributed by atoms with Crippen LogP contribution in [-0.4, -0.2) is 67.3 Å². The van der Waals surface area contributed by atoms with E-state index in [1.165, 1.54) is 50.1 Å². The van der Waals surface area contributed by atoms with Gasteiger partial charge in [0.05, 0.1) is 46.7 Å². The Bertz CT molecular complexity index is 2510. The predicted molar refractivity (Wildman–Crippen MR) is 237 cm³/mol. The number of nitrogens with one attached hydrogen (secondary N) is 1. The highest BCUT2D eigenvalue weighted by atomic mass is 19.4. The Kier molecular flexibility index (Phi) is 16.1. The van der Waals surface area contributed by atoms with Crippen molar-refractivity contribution in [3.8, 4) is 0 Å². The second-order valence-corrected chi connectivity index (χ2v) is 19.2. The molecule has 4 fully saturated rings. The van der Waals surface area contributed by atoms with Crippen molar-refractivity contribution in [2.24, 2.45) is 29.4 Å². The second-order valence-electron chi connectivity index (χ2n) is 19.2. The molecule has 0 radical (unpaired) electrons. The topological polar surface area (TPSA) is 97.1 Å². The van der Waals surface area contributed by atoms with E-state index in [-0.39, 0.29) is 64.8 Å². The standard InChI is InChI=1S/C26H27F7N2O2.C25H25F7N2O2/c1-14(17-9-18(25(28,29)30)11-19(10-17)26(31,32)33)37-22-8-5-16-12-35(24(36)34-2)13-21(16)23(22)15-3-6-20(27)7-4-15;1-13(16-8-17(24(27,28)29)10-18(9-16)25(30,31)32)36-21-7-4-15-11-34(23(33)35)12-20(15)22(21)14-2-5-19(26)6-3-14/h3-4,6-7,9-11,14,16,21-23H,5,8,12-13H2,1-2H3,(H,34,36);2-3,5-6,8-10,13,15,20-22H,4,7,11-12H2,1H3,(H2,33,35)/t14-,16-,21-,22+,23+;13-,15-,20-,21+,22+/m11/s1. The van der Waals surface area contributed by atoms with Crippen molar-refractivity contribution >= 4 is 12.1 Å². The van der Waals surface area contributed by atoms with Crippen molar-refractivity contribution in [1.29, 1.82) is 0 Å². The van der Waals surface area contributed by atoms with E-state index < -0.39 is 89.0 Å². The lowest BCUT2D eigenvalue weighted by molar-refractivity contribution is -0.145. The summed E-state index contributed by atoms with van der Waals surface area (Å²) in [6.45, 7) is 4.54. The molecule has 0 unspecified atom stereocenters. The van der Waals surface area contributed by atoms with Gasteiger partial charge in [0.1, 0.15) is 11.6 Å². The van der Waals surface area contributed by atoms with Crippen LogP contribution in [0.2, 0.25) is 0 Å². The van der Waals surface area contributed by atoms with Crippen molar-refractivity contribution < 1.29 is 80.5 Å². The van der Waals surface area contributed by atoms with E-state index in [0.29, 0.717) is 76.1 Å². The van der Waals surface area contributed by atoms with Crippen LogP contribution >= 0.6 is 0 Å². The summed E-state index contributed by atoms with van der Waals surface area (Å²) in [5.74, 6) is -1.54. The van der Waals surface area contributed by atoms with Gasteiger partial charge in [-0.05, 0) is 146 Å². The van der Waals surface area contributed by atoms with Gasteiger partial charge in [0, 0.05) is 45.1 Å². The fourth-order valence-corrected chi connectivity index (χ4v) is 11.1. The second kappa shape index (κ2) is 21.3. The molecular formula is C51H52F14N4O4. The Morgan fingerprint density at radius 3 is 1.18 bits per heavy atom. The maximum absolute atomic E-state index is 13.7. The van der Waals surface area contributed by atoms with Crippen molar-refractivity contribution in [2.45, 2.75) is 100 Å². The number of fused-ring (bicyclic) bond motifs is 2. The van der Waals surface area contributed by atoms with Crippen LogP contribution in [-0.2, 0) is 34.2 Å². The van der Waals surface area contributed by atoms with E-state index in [1.54, 1.807) is 29.2 Å². The number of rotatable bonds is 8. The molecule has 10 atom stereocenters. The summed E-state index contributed by atoms with van der Waals surface area (Å²) in [5, 5.41) is 2.60. The predicted octanol–water partition coefficient (Wildman–Crippen LogP) is 13.3. The Balaban J connectivity index is 0.000000214. The number of benzene rings is 4. The highest BCUT2D eigenvalue weighted by Gasteiger charge is 2.49. The van der Waals surface area contributed by atoms with Crippen molar-refractivity contribution in [2.75, 3.05) is 33.2 Å². The summed E-state index contributed by atoms with van der Waals surface area (Å²) < 4.78 is 200. The number of ether oxygens (including phenoxy) is 2. The Morgan fingerprint density at radius 2 is 0.863 bits per heavy atom. The molecule has 4 aromatic rings. The summed E-state index contributed by atoms with van der Waals surface area (Å²) in [7, 11) is 1.53. The van der Waals surface area contributed by atoms with Gasteiger partial charge in [-0.25, -0.2) is 18.4 Å². The largest absolute Gasteiger partial charge is 0.416 e. The molecule has 4 aromatic carbocycles. The molecule has 2 heterocycles. The first-order valence-electron chi connectivity index (χ1n) is 23.4. The Hall–Kier alpha value is -5.64. The zero-order chi connectivity index (χ0) is 53.5. The highest BCUT2D eigenvalue weighted by Crippen LogP contribution is 2.50. The van der Waals surface area contributed by atoms with E-state index in [2.05, 4.69) is 5.32 Å². The Morgan fingerprint density at radius 1 is 0.534 bits per heavy atom. The third kappa shape index (κ3) is 12.8. The van der Waals surface area contributed by atoms with Gasteiger partial charge in [-0.2, -0.15) is 52.7 Å². The van der Waals surface area contributed by atoms with Crippen LogP contribution in [0.4, 0.5) is 71.1 Å². The number of carbonyl (C=O) groups excluding carboxylic acids is 2. The Labute approximate surface area is 411 Å². The zero-order valence-corrected chi connectivity index (χ0v) is 39.4. The highest BCUT2D eigenvalue weighted by molar-refractivity contribution is 5.74. The van der Waals surface area contributed by atoms with E-state index in [9.17, 15) is 71.1 Å². The number of halogens is 14. The summed E-state index contributed by atoms with van der Waals surface area (Å²) in [6, 6.07) is 13.6. The van der Waals surface area contributed by atoms with Gasteiger partial charge < -0.3 is 30.3 Å². The molecule has 8 rings (SSSR count). The number of nitrogens with zero attached hydrogens (tertiary/aromatic N) is 2. The monoisotopic (exact) mass is 1050 g/mol. The molecule has 8 nitrogen and oxygen atoms in total. The SMILES string of the molecule is CNC(=O)N1C[C@H]2CC[C@H](O[C@H](C)c3cc(C(F)(F)F)cc(C(F)(F)F)c3)[C@@H](c3ccc(F)cc3)[C@@H]2C1.C[C@@H](O[C@H]1CC[C@@H]2CN(C(N)=O)C[C@H]2[C@@H]1c1ccc(F)cc1)c1cc(C(F)(F)F)cc(C(F)(F)F)c1. The molecule has 4 aliphatic rings. The number of primary amides is 1.